The molecule has 0 radical (unpaired) electrons. The molecule has 2 unspecified atom stereocenters. The highest BCUT2D eigenvalue weighted by Crippen LogP contribution is 2.49. The number of anilines is 1. The van der Waals surface area contributed by atoms with Gasteiger partial charge in [-0.3, -0.25) is 0 Å². The van der Waals surface area contributed by atoms with Crippen molar-refractivity contribution < 1.29 is 0 Å². The minimum Gasteiger partial charge on any atom is -0.371 e. The largest absolute Gasteiger partial charge is 0.371 e. The molecule has 2 fully saturated rings. The first-order valence-corrected chi connectivity index (χ1v) is 10.3. The van der Waals surface area contributed by atoms with Crippen molar-refractivity contribution in [3.05, 3.63) is 54.6 Å². The molecule has 1 aliphatic heterocycles. The summed E-state index contributed by atoms with van der Waals surface area (Å²) in [5.41, 5.74) is 4.15. The predicted octanol–water partition coefficient (Wildman–Crippen LogP) is 5.46. The van der Waals surface area contributed by atoms with Gasteiger partial charge < -0.3 is 9.47 Å². The smallest absolute Gasteiger partial charge is 0.0492 e. The van der Waals surface area contributed by atoms with E-state index in [2.05, 4.69) is 71.0 Å². The molecule has 26 heavy (non-hydrogen) atoms. The van der Waals surface area contributed by atoms with Crippen LogP contribution in [0.1, 0.15) is 19.8 Å². The molecule has 0 spiro atoms. The lowest BCUT2D eigenvalue weighted by Gasteiger charge is -2.40. The second-order valence-electron chi connectivity index (χ2n) is 8.49. The quantitative estimate of drug-likeness (QED) is 0.561. The number of rotatable bonds is 2. The zero-order valence-corrected chi connectivity index (χ0v) is 15.4. The van der Waals surface area contributed by atoms with Crippen molar-refractivity contribution in [1.29, 1.82) is 0 Å². The monoisotopic (exact) mass is 342 g/mol. The van der Waals surface area contributed by atoms with Crippen LogP contribution in [0.15, 0.2) is 54.6 Å². The van der Waals surface area contributed by atoms with Crippen LogP contribution in [0.5, 0.6) is 0 Å². The third-order valence-electron chi connectivity index (χ3n) is 7.39. The lowest BCUT2D eigenvalue weighted by molar-refractivity contribution is 0.169. The molecular formula is C24H26N2. The molecule has 4 atom stereocenters. The van der Waals surface area contributed by atoms with Crippen molar-refractivity contribution in [1.82, 2.24) is 4.57 Å². The van der Waals surface area contributed by atoms with Crippen molar-refractivity contribution in [2.24, 2.45) is 23.7 Å². The number of para-hydroxylation sites is 1. The maximum atomic E-state index is 2.67. The summed E-state index contributed by atoms with van der Waals surface area (Å²) in [4.78, 5) is 2.67. The fourth-order valence-corrected chi connectivity index (χ4v) is 6.13. The molecule has 7 rings (SSSR count). The van der Waals surface area contributed by atoms with E-state index in [1.807, 2.05) is 0 Å². The summed E-state index contributed by atoms with van der Waals surface area (Å²) in [7, 11) is 0. The molecule has 2 bridgehead atoms. The number of allylic oxidation sites excluding steroid dienone is 2. The van der Waals surface area contributed by atoms with E-state index in [1.165, 1.54) is 53.4 Å². The highest BCUT2D eigenvalue weighted by Gasteiger charge is 2.45. The van der Waals surface area contributed by atoms with Gasteiger partial charge in [0.2, 0.25) is 0 Å². The Morgan fingerprint density at radius 3 is 2.23 bits per heavy atom. The van der Waals surface area contributed by atoms with E-state index < -0.39 is 0 Å². The first-order chi connectivity index (χ1) is 12.8. The highest BCUT2D eigenvalue weighted by atomic mass is 15.2. The van der Waals surface area contributed by atoms with Crippen LogP contribution in [0.3, 0.4) is 0 Å². The Balaban J connectivity index is 1.43. The summed E-state index contributed by atoms with van der Waals surface area (Å²) < 4.78 is 2.45. The van der Waals surface area contributed by atoms with Crippen molar-refractivity contribution >= 4 is 27.5 Å². The van der Waals surface area contributed by atoms with Crippen molar-refractivity contribution in [3.8, 4) is 0 Å². The SMILES string of the molecule is CCn1c2ccccc2c2cc(N3CC4C5C=C[C@@H](CC5)[C@@H]4C3)ccc21. The van der Waals surface area contributed by atoms with Crippen molar-refractivity contribution in [2.45, 2.75) is 26.3 Å². The summed E-state index contributed by atoms with van der Waals surface area (Å²) in [6.07, 6.45) is 7.88. The Labute approximate surface area is 155 Å². The molecule has 132 valence electrons. The number of benzene rings is 2. The Morgan fingerprint density at radius 2 is 1.54 bits per heavy atom. The first-order valence-electron chi connectivity index (χ1n) is 10.3. The van der Waals surface area contributed by atoms with Gasteiger partial charge in [0.05, 0.1) is 0 Å². The van der Waals surface area contributed by atoms with Crippen LogP contribution in [0.25, 0.3) is 21.8 Å². The van der Waals surface area contributed by atoms with Gasteiger partial charge in [-0.15, -0.1) is 0 Å². The van der Waals surface area contributed by atoms with E-state index in [9.17, 15) is 0 Å². The summed E-state index contributed by atoms with van der Waals surface area (Å²) in [5, 5.41) is 2.81. The zero-order valence-electron chi connectivity index (χ0n) is 15.4. The molecule has 4 aliphatic rings. The molecule has 1 saturated heterocycles. The summed E-state index contributed by atoms with van der Waals surface area (Å²) in [6.45, 7) is 5.75. The number of aromatic nitrogens is 1. The van der Waals surface area contributed by atoms with Crippen LogP contribution < -0.4 is 4.90 Å². The number of aryl methyl sites for hydroxylation is 1. The van der Waals surface area contributed by atoms with Gasteiger partial charge in [0.25, 0.3) is 0 Å². The molecule has 2 aromatic carbocycles. The number of hydrogen-bond donors (Lipinski definition) is 0. The fraction of sp³-hybridized carbons (Fsp3) is 0.417. The normalized spacial score (nSPS) is 29.8. The van der Waals surface area contributed by atoms with E-state index in [4.69, 9.17) is 0 Å². The second-order valence-corrected chi connectivity index (χ2v) is 8.49. The van der Waals surface area contributed by atoms with E-state index in [-0.39, 0.29) is 0 Å². The molecule has 2 heteroatoms. The summed E-state index contributed by atoms with van der Waals surface area (Å²) in [6, 6.07) is 16.0. The second kappa shape index (κ2) is 5.39. The molecule has 3 aromatic rings. The predicted molar refractivity (Wildman–Crippen MR) is 110 cm³/mol. The molecule has 2 nitrogen and oxygen atoms in total. The van der Waals surface area contributed by atoms with Gasteiger partial charge in [-0.25, -0.2) is 0 Å². The third-order valence-corrected chi connectivity index (χ3v) is 7.39. The van der Waals surface area contributed by atoms with Gasteiger partial charge >= 0.3 is 0 Å². The van der Waals surface area contributed by atoms with E-state index in [1.54, 1.807) is 0 Å². The fourth-order valence-electron chi connectivity index (χ4n) is 6.13. The third kappa shape index (κ3) is 1.93. The van der Waals surface area contributed by atoms with Gasteiger partial charge in [0.1, 0.15) is 0 Å². The maximum Gasteiger partial charge on any atom is 0.0492 e. The number of hydrogen-bond acceptors (Lipinski definition) is 1. The molecular weight excluding hydrogens is 316 g/mol. The van der Waals surface area contributed by atoms with Gasteiger partial charge in [0, 0.05) is 47.1 Å². The van der Waals surface area contributed by atoms with Gasteiger partial charge in [-0.05, 0) is 67.7 Å². The van der Waals surface area contributed by atoms with Crippen LogP contribution in [-0.4, -0.2) is 17.7 Å². The molecule has 1 saturated carbocycles. The van der Waals surface area contributed by atoms with Gasteiger partial charge in [-0.2, -0.15) is 0 Å². The number of fused-ring (bicyclic) bond motifs is 4. The maximum absolute atomic E-state index is 2.67. The molecule has 2 heterocycles. The molecule has 1 aromatic heterocycles. The van der Waals surface area contributed by atoms with E-state index in [0.29, 0.717) is 0 Å². The minimum absolute atomic E-state index is 0.834. The van der Waals surface area contributed by atoms with Crippen LogP contribution in [0.4, 0.5) is 5.69 Å². The van der Waals surface area contributed by atoms with Crippen molar-refractivity contribution in [2.75, 3.05) is 18.0 Å². The average Bonchev–Trinajstić information content (AvgIpc) is 3.29. The average molecular weight is 342 g/mol. The Bertz CT molecular complexity index is 1010. The Morgan fingerprint density at radius 1 is 0.846 bits per heavy atom. The van der Waals surface area contributed by atoms with Crippen LogP contribution >= 0.6 is 0 Å². The van der Waals surface area contributed by atoms with E-state index >= 15 is 0 Å². The van der Waals surface area contributed by atoms with E-state index in [0.717, 1.165) is 30.2 Å². The number of nitrogens with zero attached hydrogens (tertiary/aromatic N) is 2. The molecule has 3 aliphatic carbocycles. The Kier molecular flexibility index (Phi) is 3.09. The summed E-state index contributed by atoms with van der Waals surface area (Å²) >= 11 is 0. The summed E-state index contributed by atoms with van der Waals surface area (Å²) in [5.74, 6) is 3.43. The molecule has 0 amide bonds. The first kappa shape index (κ1) is 14.9. The topological polar surface area (TPSA) is 8.17 Å². The lowest BCUT2D eigenvalue weighted by Crippen LogP contribution is -2.35. The van der Waals surface area contributed by atoms with Crippen LogP contribution in [-0.2, 0) is 6.54 Å². The highest BCUT2D eigenvalue weighted by molar-refractivity contribution is 6.09. The van der Waals surface area contributed by atoms with Gasteiger partial charge in [0.15, 0.2) is 0 Å². The van der Waals surface area contributed by atoms with Crippen molar-refractivity contribution in [3.63, 3.8) is 0 Å². The minimum atomic E-state index is 0.834. The lowest BCUT2D eigenvalue weighted by atomic mass is 9.64. The van der Waals surface area contributed by atoms with Crippen LogP contribution in [0, 0.1) is 23.7 Å². The van der Waals surface area contributed by atoms with Gasteiger partial charge in [-0.1, -0.05) is 30.4 Å². The van der Waals surface area contributed by atoms with Crippen LogP contribution in [0.2, 0.25) is 0 Å². The molecule has 0 N–H and O–H groups in total. The Hall–Kier alpha value is -2.22. The zero-order chi connectivity index (χ0) is 17.3. The standard InChI is InChI=1S/C24H26N2/c1-2-26-23-6-4-3-5-19(23)20-13-18(11-12-24(20)26)25-14-21-16-7-8-17(10-9-16)22(21)15-25/h3-8,11-13,16-17,21-22H,2,9-10,14-15H2,1H3/t16-,17?,21-,22?/m0/s1.